The van der Waals surface area contributed by atoms with Crippen molar-refractivity contribution in [2.75, 3.05) is 13.2 Å². The van der Waals surface area contributed by atoms with Gasteiger partial charge < -0.3 is 14.2 Å². The summed E-state index contributed by atoms with van der Waals surface area (Å²) in [6.07, 6.45) is 81.6. The number of ether oxygens (including phenoxy) is 3. The van der Waals surface area contributed by atoms with Crippen LogP contribution in [0.5, 0.6) is 0 Å². The van der Waals surface area contributed by atoms with Gasteiger partial charge in [-0.1, -0.05) is 225 Å². The van der Waals surface area contributed by atoms with Crippen molar-refractivity contribution >= 4 is 17.9 Å². The minimum absolute atomic E-state index is 0.104. The van der Waals surface area contributed by atoms with Gasteiger partial charge in [-0.2, -0.15) is 0 Å². The highest BCUT2D eigenvalue weighted by molar-refractivity contribution is 5.71. The maximum atomic E-state index is 12.8. The van der Waals surface area contributed by atoms with E-state index in [2.05, 4.69) is 154 Å². The summed E-state index contributed by atoms with van der Waals surface area (Å²) in [6, 6.07) is 0. The number of unbranched alkanes of at least 4 members (excludes halogenated alkanes) is 17. The lowest BCUT2D eigenvalue weighted by molar-refractivity contribution is -0.167. The summed E-state index contributed by atoms with van der Waals surface area (Å²) < 4.78 is 16.8. The molecule has 1 unspecified atom stereocenters. The van der Waals surface area contributed by atoms with Crippen LogP contribution in [0.25, 0.3) is 0 Å². The Kier molecular flexibility index (Phi) is 54.5. The fraction of sp³-hybridized carbons (Fsp3) is 0.615. The van der Waals surface area contributed by atoms with Crippen LogP contribution in [-0.4, -0.2) is 37.2 Å². The molecule has 0 spiro atoms. The molecule has 0 aliphatic rings. The minimum Gasteiger partial charge on any atom is -0.462 e. The third-order valence-electron chi connectivity index (χ3n) is 11.6. The Morgan fingerprint density at radius 3 is 0.803 bits per heavy atom. The van der Waals surface area contributed by atoms with Gasteiger partial charge in [0, 0.05) is 19.3 Å². The van der Waals surface area contributed by atoms with E-state index in [0.717, 1.165) is 148 Å². The van der Waals surface area contributed by atoms with E-state index in [0.29, 0.717) is 12.8 Å². The Morgan fingerprint density at radius 1 is 0.282 bits per heavy atom. The molecule has 0 aliphatic carbocycles. The van der Waals surface area contributed by atoms with Crippen molar-refractivity contribution in [1.29, 1.82) is 0 Å². The number of carbonyl (C=O) groups excluding carboxylic acids is 3. The molecule has 0 saturated heterocycles. The minimum atomic E-state index is -0.810. The van der Waals surface area contributed by atoms with Gasteiger partial charge in [0.2, 0.25) is 0 Å². The highest BCUT2D eigenvalue weighted by Crippen LogP contribution is 2.14. The number of rotatable bonds is 50. The topological polar surface area (TPSA) is 78.9 Å². The van der Waals surface area contributed by atoms with Gasteiger partial charge in [0.05, 0.1) is 0 Å². The average molecular weight is 982 g/mol. The van der Waals surface area contributed by atoms with Gasteiger partial charge in [-0.3, -0.25) is 14.4 Å². The smallest absolute Gasteiger partial charge is 0.306 e. The molecule has 0 aromatic carbocycles. The van der Waals surface area contributed by atoms with Crippen LogP contribution in [0.15, 0.2) is 134 Å². The molecule has 0 aromatic rings. The van der Waals surface area contributed by atoms with Crippen LogP contribution in [-0.2, 0) is 28.6 Å². The van der Waals surface area contributed by atoms with Gasteiger partial charge >= 0.3 is 17.9 Å². The molecule has 0 saturated carbocycles. The van der Waals surface area contributed by atoms with Crippen molar-refractivity contribution in [1.82, 2.24) is 0 Å². The van der Waals surface area contributed by atoms with Crippen LogP contribution in [0.1, 0.15) is 239 Å². The molecule has 0 aromatic heterocycles. The SMILES string of the molecule is CC/C=C\C/C=C\C/C=C\C/C=C\CCCCCCCCCCCCC(=O)OCC(COC(=O)CCCCC/C=C\C/C=C\C/C=C\CC)OC(=O)CCCCCC/C=C\C/C=C\C/C=C\C/C=C\CC. The second kappa shape index (κ2) is 58.1. The molecule has 1 atom stereocenters. The molecule has 6 nitrogen and oxygen atoms in total. The molecule has 0 fully saturated rings. The average Bonchev–Trinajstić information content (AvgIpc) is 3.37. The highest BCUT2D eigenvalue weighted by atomic mass is 16.6. The van der Waals surface area contributed by atoms with Crippen molar-refractivity contribution in [2.45, 2.75) is 245 Å². The Labute approximate surface area is 436 Å². The van der Waals surface area contributed by atoms with E-state index < -0.39 is 6.10 Å². The van der Waals surface area contributed by atoms with E-state index in [1.807, 2.05) is 0 Å². The summed E-state index contributed by atoms with van der Waals surface area (Å²) in [5.74, 6) is -0.967. The zero-order valence-electron chi connectivity index (χ0n) is 45.7. The van der Waals surface area contributed by atoms with E-state index in [4.69, 9.17) is 14.2 Å². The zero-order valence-corrected chi connectivity index (χ0v) is 45.7. The van der Waals surface area contributed by atoms with Gasteiger partial charge in [0.25, 0.3) is 0 Å². The van der Waals surface area contributed by atoms with Gasteiger partial charge in [0.15, 0.2) is 6.10 Å². The van der Waals surface area contributed by atoms with E-state index in [-0.39, 0.29) is 37.5 Å². The molecule has 0 radical (unpaired) electrons. The van der Waals surface area contributed by atoms with E-state index in [9.17, 15) is 14.4 Å². The number of hydrogen-bond acceptors (Lipinski definition) is 6. The van der Waals surface area contributed by atoms with E-state index in [1.54, 1.807) is 0 Å². The highest BCUT2D eigenvalue weighted by Gasteiger charge is 2.19. The maximum Gasteiger partial charge on any atom is 0.306 e. The Morgan fingerprint density at radius 2 is 0.507 bits per heavy atom. The van der Waals surface area contributed by atoms with E-state index in [1.165, 1.54) is 51.4 Å². The largest absolute Gasteiger partial charge is 0.462 e. The lowest BCUT2D eigenvalue weighted by atomic mass is 10.1. The van der Waals surface area contributed by atoms with Crippen molar-refractivity contribution in [2.24, 2.45) is 0 Å². The molecule has 0 amide bonds. The first-order chi connectivity index (χ1) is 35.0. The summed E-state index contributed by atoms with van der Waals surface area (Å²) in [6.45, 7) is 6.24. The Balaban J connectivity index is 4.42. The third-order valence-corrected chi connectivity index (χ3v) is 11.6. The molecule has 0 N–H and O–H groups in total. The first kappa shape index (κ1) is 66.6. The second-order valence-corrected chi connectivity index (χ2v) is 18.4. The summed E-state index contributed by atoms with van der Waals surface area (Å²) in [5, 5.41) is 0. The molecule has 400 valence electrons. The molecule has 0 bridgehead atoms. The normalized spacial score (nSPS) is 13.1. The monoisotopic (exact) mass is 981 g/mol. The van der Waals surface area contributed by atoms with Crippen molar-refractivity contribution in [3.05, 3.63) is 134 Å². The van der Waals surface area contributed by atoms with Crippen LogP contribution in [0, 0.1) is 0 Å². The van der Waals surface area contributed by atoms with Crippen LogP contribution in [0.4, 0.5) is 0 Å². The van der Waals surface area contributed by atoms with Crippen LogP contribution < -0.4 is 0 Å². The first-order valence-corrected chi connectivity index (χ1v) is 28.7. The summed E-state index contributed by atoms with van der Waals surface area (Å²) in [7, 11) is 0. The Hall–Kier alpha value is -4.45. The maximum absolute atomic E-state index is 12.8. The van der Waals surface area contributed by atoms with E-state index >= 15 is 0 Å². The van der Waals surface area contributed by atoms with Gasteiger partial charge in [0.1, 0.15) is 13.2 Å². The van der Waals surface area contributed by atoms with Crippen molar-refractivity contribution in [3.63, 3.8) is 0 Å². The fourth-order valence-electron chi connectivity index (χ4n) is 7.44. The van der Waals surface area contributed by atoms with Crippen LogP contribution >= 0.6 is 0 Å². The molecular formula is C65H104O6. The zero-order chi connectivity index (χ0) is 51.4. The first-order valence-electron chi connectivity index (χ1n) is 28.7. The van der Waals surface area contributed by atoms with Gasteiger partial charge in [-0.05, 0) is 128 Å². The van der Waals surface area contributed by atoms with Crippen LogP contribution in [0.3, 0.4) is 0 Å². The van der Waals surface area contributed by atoms with Crippen molar-refractivity contribution < 1.29 is 28.6 Å². The van der Waals surface area contributed by atoms with Gasteiger partial charge in [-0.15, -0.1) is 0 Å². The summed E-state index contributed by atoms with van der Waals surface area (Å²) in [5.41, 5.74) is 0. The number of carbonyl (C=O) groups is 3. The lowest BCUT2D eigenvalue weighted by Gasteiger charge is -2.18. The molecule has 0 heterocycles. The molecule has 6 heteroatoms. The lowest BCUT2D eigenvalue weighted by Crippen LogP contribution is -2.30. The Bertz CT molecular complexity index is 1550. The van der Waals surface area contributed by atoms with Crippen molar-refractivity contribution in [3.8, 4) is 0 Å². The predicted molar refractivity (Wildman–Crippen MR) is 306 cm³/mol. The third kappa shape index (κ3) is 56.3. The fourth-order valence-corrected chi connectivity index (χ4v) is 7.44. The number of esters is 3. The summed E-state index contributed by atoms with van der Waals surface area (Å²) >= 11 is 0. The second-order valence-electron chi connectivity index (χ2n) is 18.4. The van der Waals surface area contributed by atoms with Gasteiger partial charge in [-0.25, -0.2) is 0 Å². The predicted octanol–water partition coefficient (Wildman–Crippen LogP) is 19.4. The summed E-state index contributed by atoms with van der Waals surface area (Å²) in [4.78, 5) is 38.2. The number of allylic oxidation sites excluding steroid dienone is 22. The standard InChI is InChI=1S/C65H104O6/c1-4-7-10-13-16-19-22-25-27-29-30-31-32-33-34-36-37-40-43-46-49-52-55-58-64(67)70-61-62(60-69-63(66)57-54-51-48-45-42-39-24-21-18-15-12-9-6-3)71-65(68)59-56-53-50-47-44-41-38-35-28-26-23-20-17-14-11-8-5-2/h7-12,16-21,25-28,30-31,38-39,41-42,62H,4-6,13-15,22-24,29,32-37,40,43-61H2,1-3H3/b10-7-,11-8-,12-9-,19-16-,20-17-,21-18-,27-25-,28-26-,31-30-,41-38-,42-39-. The van der Waals surface area contributed by atoms with Crippen LogP contribution in [0.2, 0.25) is 0 Å². The molecular weight excluding hydrogens is 877 g/mol. The quantitative estimate of drug-likeness (QED) is 0.0262. The molecule has 0 aliphatic heterocycles. The number of hydrogen-bond donors (Lipinski definition) is 0. The molecule has 71 heavy (non-hydrogen) atoms. The molecule has 0 rings (SSSR count).